The van der Waals surface area contributed by atoms with Crippen molar-refractivity contribution in [3.8, 4) is 11.9 Å². The fraction of sp³-hybridized carbons (Fsp3) is 0.381. The van der Waals surface area contributed by atoms with Gasteiger partial charge in [-0.15, -0.1) is 5.10 Å². The van der Waals surface area contributed by atoms with Crippen molar-refractivity contribution in [2.24, 2.45) is 0 Å². The van der Waals surface area contributed by atoms with E-state index < -0.39 is 5.92 Å². The summed E-state index contributed by atoms with van der Waals surface area (Å²) in [6.07, 6.45) is 0.146. The van der Waals surface area contributed by atoms with Crippen molar-refractivity contribution < 1.29 is 9.47 Å². The van der Waals surface area contributed by atoms with Crippen molar-refractivity contribution in [1.29, 1.82) is 5.26 Å². The van der Waals surface area contributed by atoms with Crippen molar-refractivity contribution >= 4 is 10.9 Å². The van der Waals surface area contributed by atoms with Crippen LogP contribution in [0.1, 0.15) is 39.2 Å². The molecule has 2 heterocycles. The molecule has 2 aromatic rings. The number of nitrogens with one attached hydrogen (secondary N) is 2. The lowest BCUT2D eigenvalue weighted by atomic mass is 9.84. The molecule has 28 heavy (non-hydrogen) atoms. The van der Waals surface area contributed by atoms with Gasteiger partial charge in [0.1, 0.15) is 6.61 Å². The Labute approximate surface area is 164 Å². The smallest absolute Gasteiger partial charge is 0.240 e. The van der Waals surface area contributed by atoms with Gasteiger partial charge in [0.05, 0.1) is 47.7 Å². The van der Waals surface area contributed by atoms with Crippen LogP contribution in [0.25, 0.3) is 15.7 Å². The van der Waals surface area contributed by atoms with E-state index in [1.807, 2.05) is 45.9 Å². The molecule has 3 rings (SSSR count). The second kappa shape index (κ2) is 8.16. The lowest BCUT2D eigenvalue weighted by Gasteiger charge is -2.26. The maximum atomic E-state index is 9.68. The predicted octanol–water partition coefficient (Wildman–Crippen LogP) is 4.00. The van der Waals surface area contributed by atoms with Crippen LogP contribution < -0.4 is 10.1 Å². The van der Waals surface area contributed by atoms with Crippen LogP contribution in [0.5, 0.6) is 5.88 Å². The maximum absolute atomic E-state index is 9.68. The van der Waals surface area contributed by atoms with Crippen molar-refractivity contribution in [3.63, 3.8) is 0 Å². The molecule has 1 aliphatic rings. The minimum atomic E-state index is -0.403. The van der Waals surface area contributed by atoms with Crippen molar-refractivity contribution in [2.45, 2.75) is 39.7 Å². The zero-order valence-corrected chi connectivity index (χ0v) is 16.5. The quantitative estimate of drug-likeness (QED) is 0.587. The molecule has 2 N–H and O–H groups in total. The highest BCUT2D eigenvalue weighted by Gasteiger charge is 2.30. The summed E-state index contributed by atoms with van der Waals surface area (Å²) in [6.45, 7) is 16.1. The molecule has 7 heteroatoms. The van der Waals surface area contributed by atoms with Crippen molar-refractivity contribution in [3.05, 3.63) is 57.8 Å². The molecule has 0 radical (unpaired) electrons. The standard InChI is InChI=1S/C21H23N5O2/c1-12(2)27-8-9-28-21-16-10-15(6-7-18(16)25-26-21)19-17(11-22)13(3)24-14(4)20(19)23-5/h6-7,10,12,19,24H,8-9H2,1-4H3,(H,25,26). The summed E-state index contributed by atoms with van der Waals surface area (Å²) >= 11 is 0. The molecule has 144 valence electrons. The largest absolute Gasteiger partial charge is 0.474 e. The first-order chi connectivity index (χ1) is 13.5. The number of ether oxygens (including phenoxy) is 2. The minimum absolute atomic E-state index is 0.146. The van der Waals surface area contributed by atoms with E-state index in [0.717, 1.165) is 27.9 Å². The molecule has 1 aliphatic heterocycles. The first-order valence-corrected chi connectivity index (χ1v) is 9.14. The van der Waals surface area contributed by atoms with E-state index in [9.17, 15) is 5.26 Å². The molecule has 0 aliphatic carbocycles. The van der Waals surface area contributed by atoms with E-state index in [4.69, 9.17) is 16.0 Å². The number of H-pyrrole nitrogens is 1. The Morgan fingerprint density at radius 1 is 1.29 bits per heavy atom. The number of dihydropyridines is 1. The second-order valence-electron chi connectivity index (χ2n) is 6.93. The van der Waals surface area contributed by atoms with Gasteiger partial charge >= 0.3 is 0 Å². The average molecular weight is 377 g/mol. The van der Waals surface area contributed by atoms with Gasteiger partial charge in [-0.3, -0.25) is 5.10 Å². The topological polar surface area (TPSA) is 87.3 Å². The van der Waals surface area contributed by atoms with Crippen LogP contribution in [-0.4, -0.2) is 29.5 Å². The van der Waals surface area contributed by atoms with Crippen LogP contribution in [0.2, 0.25) is 0 Å². The number of hydrogen-bond acceptors (Lipinski definition) is 5. The molecule has 1 unspecified atom stereocenters. The summed E-state index contributed by atoms with van der Waals surface area (Å²) in [6, 6.07) is 8.03. The Morgan fingerprint density at radius 2 is 2.07 bits per heavy atom. The van der Waals surface area contributed by atoms with Crippen LogP contribution in [0.15, 0.2) is 40.9 Å². The number of nitrogens with zero attached hydrogens (tertiary/aromatic N) is 3. The Morgan fingerprint density at radius 3 is 2.75 bits per heavy atom. The number of allylic oxidation sites excluding steroid dienone is 3. The molecule has 1 aromatic heterocycles. The fourth-order valence-corrected chi connectivity index (χ4v) is 3.32. The second-order valence-corrected chi connectivity index (χ2v) is 6.93. The van der Waals surface area contributed by atoms with Crippen LogP contribution in [0.4, 0.5) is 0 Å². The summed E-state index contributed by atoms with van der Waals surface area (Å²) in [7, 11) is 0. The van der Waals surface area contributed by atoms with E-state index in [0.29, 0.717) is 30.4 Å². The van der Waals surface area contributed by atoms with Gasteiger partial charge in [0.2, 0.25) is 5.88 Å². The van der Waals surface area contributed by atoms with Gasteiger partial charge in [-0.05, 0) is 45.4 Å². The highest BCUT2D eigenvalue weighted by atomic mass is 16.5. The van der Waals surface area contributed by atoms with Crippen molar-refractivity contribution in [2.75, 3.05) is 13.2 Å². The Kier molecular flexibility index (Phi) is 5.67. The number of hydrogen-bond donors (Lipinski definition) is 2. The SMILES string of the molecule is [C-]#[N+]C1=C(C)NC(C)=C(C#N)C1c1ccc2[nH]nc(OCCOC(C)C)c2c1. The molecular weight excluding hydrogens is 354 g/mol. The van der Waals surface area contributed by atoms with Gasteiger partial charge in [0, 0.05) is 11.4 Å². The number of nitriles is 1. The summed E-state index contributed by atoms with van der Waals surface area (Å²) in [5.41, 5.74) is 4.31. The van der Waals surface area contributed by atoms with Crippen LogP contribution in [0.3, 0.4) is 0 Å². The zero-order valence-electron chi connectivity index (χ0n) is 16.5. The highest BCUT2D eigenvalue weighted by molar-refractivity contribution is 5.85. The van der Waals surface area contributed by atoms with Gasteiger partial charge in [0.25, 0.3) is 0 Å². The summed E-state index contributed by atoms with van der Waals surface area (Å²) in [5, 5.41) is 20.8. The van der Waals surface area contributed by atoms with Gasteiger partial charge in [-0.2, -0.15) is 5.26 Å². The number of benzene rings is 1. The molecule has 1 atom stereocenters. The van der Waals surface area contributed by atoms with E-state index >= 15 is 0 Å². The third-order valence-electron chi connectivity index (χ3n) is 4.62. The van der Waals surface area contributed by atoms with Crippen LogP contribution in [0, 0.1) is 17.9 Å². The lowest BCUT2D eigenvalue weighted by Crippen LogP contribution is -2.22. The average Bonchev–Trinajstić information content (AvgIpc) is 3.06. The highest BCUT2D eigenvalue weighted by Crippen LogP contribution is 2.39. The first-order valence-electron chi connectivity index (χ1n) is 9.14. The Bertz CT molecular complexity index is 997. The van der Waals surface area contributed by atoms with E-state index in [2.05, 4.69) is 26.4 Å². The third kappa shape index (κ3) is 3.71. The number of aromatic amines is 1. The lowest BCUT2D eigenvalue weighted by molar-refractivity contribution is 0.0546. The maximum Gasteiger partial charge on any atom is 0.240 e. The van der Waals surface area contributed by atoms with Gasteiger partial charge in [0.15, 0.2) is 5.70 Å². The molecule has 0 saturated heterocycles. The Hall–Kier alpha value is -3.29. The molecule has 0 bridgehead atoms. The molecule has 1 aromatic carbocycles. The van der Waals surface area contributed by atoms with Crippen LogP contribution >= 0.6 is 0 Å². The molecule has 0 spiro atoms. The summed E-state index contributed by atoms with van der Waals surface area (Å²) < 4.78 is 11.3. The van der Waals surface area contributed by atoms with Gasteiger partial charge in [-0.25, -0.2) is 4.85 Å². The molecule has 0 saturated carbocycles. The van der Waals surface area contributed by atoms with E-state index in [1.54, 1.807) is 0 Å². The van der Waals surface area contributed by atoms with Crippen LogP contribution in [-0.2, 0) is 4.74 Å². The minimum Gasteiger partial charge on any atom is -0.474 e. The zero-order chi connectivity index (χ0) is 20.3. The Balaban J connectivity index is 1.97. The number of rotatable bonds is 6. The molecule has 0 amide bonds. The molecular formula is C21H23N5O2. The molecule has 7 nitrogen and oxygen atoms in total. The van der Waals surface area contributed by atoms with E-state index in [1.165, 1.54) is 0 Å². The van der Waals surface area contributed by atoms with Gasteiger partial charge < -0.3 is 14.8 Å². The van der Waals surface area contributed by atoms with Gasteiger partial charge in [-0.1, -0.05) is 6.07 Å². The molecule has 0 fully saturated rings. The van der Waals surface area contributed by atoms with Crippen molar-refractivity contribution in [1.82, 2.24) is 15.5 Å². The van der Waals surface area contributed by atoms with E-state index in [-0.39, 0.29) is 6.10 Å². The number of aromatic nitrogens is 2. The predicted molar refractivity (Wildman–Crippen MR) is 106 cm³/mol. The summed E-state index contributed by atoms with van der Waals surface area (Å²) in [4.78, 5) is 3.70. The summed E-state index contributed by atoms with van der Waals surface area (Å²) in [5.74, 6) is 0.0857. The fourth-order valence-electron chi connectivity index (χ4n) is 3.32. The first kappa shape index (κ1) is 19.5. The number of fused-ring (bicyclic) bond motifs is 1. The monoisotopic (exact) mass is 377 g/mol. The normalized spacial score (nSPS) is 16.9. The third-order valence-corrected chi connectivity index (χ3v) is 4.62.